The van der Waals surface area contributed by atoms with Gasteiger partial charge in [-0.2, -0.15) is 0 Å². The molecule has 0 aromatic carbocycles. The van der Waals surface area contributed by atoms with Gasteiger partial charge in [0.05, 0.1) is 12.1 Å². The first-order valence-electron chi connectivity index (χ1n) is 5.29. The van der Waals surface area contributed by atoms with Crippen molar-refractivity contribution in [3.8, 4) is 0 Å². The van der Waals surface area contributed by atoms with Crippen LogP contribution in [0.15, 0.2) is 12.4 Å². The van der Waals surface area contributed by atoms with Gasteiger partial charge >= 0.3 is 0 Å². The first kappa shape index (κ1) is 9.53. The van der Waals surface area contributed by atoms with Gasteiger partial charge in [0, 0.05) is 12.4 Å². The van der Waals surface area contributed by atoms with Crippen molar-refractivity contribution in [3.05, 3.63) is 18.2 Å². The van der Waals surface area contributed by atoms with Crippen LogP contribution < -0.4 is 5.32 Å². The van der Waals surface area contributed by atoms with E-state index in [1.807, 2.05) is 17.5 Å². The number of hydrogen-bond acceptors (Lipinski definition) is 5. The van der Waals surface area contributed by atoms with E-state index in [2.05, 4.69) is 20.5 Å². The third-order valence-corrected chi connectivity index (χ3v) is 3.04. The summed E-state index contributed by atoms with van der Waals surface area (Å²) in [6.45, 7) is 2.02. The minimum Gasteiger partial charge on any atom is -0.394 e. The van der Waals surface area contributed by atoms with Gasteiger partial charge in [-0.15, -0.1) is 10.2 Å². The van der Waals surface area contributed by atoms with Gasteiger partial charge in [0.25, 0.3) is 0 Å². The lowest BCUT2D eigenvalue weighted by Gasteiger charge is -2.14. The van der Waals surface area contributed by atoms with E-state index in [1.54, 1.807) is 6.20 Å². The summed E-state index contributed by atoms with van der Waals surface area (Å²) in [5.74, 6) is 1.52. The molecule has 0 radical (unpaired) electrons. The molecular formula is C10H13N5O. The third kappa shape index (κ3) is 1.34. The summed E-state index contributed by atoms with van der Waals surface area (Å²) in [5, 5.41) is 20.6. The molecule has 2 aromatic rings. The molecule has 0 bridgehead atoms. The van der Waals surface area contributed by atoms with Crippen molar-refractivity contribution in [2.24, 2.45) is 0 Å². The lowest BCUT2D eigenvalue weighted by atomic mass is 10.3. The minimum absolute atomic E-state index is 0.128. The van der Waals surface area contributed by atoms with Gasteiger partial charge in [-0.3, -0.25) is 4.40 Å². The third-order valence-electron chi connectivity index (χ3n) is 3.04. The van der Waals surface area contributed by atoms with Gasteiger partial charge in [0.15, 0.2) is 5.82 Å². The summed E-state index contributed by atoms with van der Waals surface area (Å²) in [6.07, 6.45) is 5.48. The molecule has 0 amide bonds. The van der Waals surface area contributed by atoms with E-state index in [9.17, 15) is 5.11 Å². The Bertz CT molecular complexity index is 531. The van der Waals surface area contributed by atoms with Crippen molar-refractivity contribution in [1.29, 1.82) is 0 Å². The molecule has 1 aliphatic rings. The van der Waals surface area contributed by atoms with Crippen molar-refractivity contribution in [2.45, 2.75) is 25.3 Å². The Morgan fingerprint density at radius 1 is 1.50 bits per heavy atom. The van der Waals surface area contributed by atoms with Crippen LogP contribution in [0.25, 0.3) is 5.65 Å². The summed E-state index contributed by atoms with van der Waals surface area (Å²) in [6, 6.07) is 0. The van der Waals surface area contributed by atoms with Gasteiger partial charge < -0.3 is 10.4 Å². The average Bonchev–Trinajstić information content (AvgIpc) is 2.98. The number of nitrogens with one attached hydrogen (secondary N) is 1. The van der Waals surface area contributed by atoms with Crippen LogP contribution in [0.1, 0.15) is 18.7 Å². The largest absolute Gasteiger partial charge is 0.394 e. The highest BCUT2D eigenvalue weighted by Crippen LogP contribution is 2.38. The summed E-state index contributed by atoms with van der Waals surface area (Å²) >= 11 is 0. The predicted molar refractivity (Wildman–Crippen MR) is 58.2 cm³/mol. The zero-order valence-electron chi connectivity index (χ0n) is 9.01. The Morgan fingerprint density at radius 3 is 3.00 bits per heavy atom. The normalized spacial score (nSPS) is 17.6. The van der Waals surface area contributed by atoms with Gasteiger partial charge in [0.2, 0.25) is 5.65 Å². The van der Waals surface area contributed by atoms with E-state index in [1.165, 1.54) is 0 Å². The first-order chi connectivity index (χ1) is 7.74. The molecule has 0 saturated heterocycles. The molecule has 1 fully saturated rings. The molecule has 2 aromatic heterocycles. The van der Waals surface area contributed by atoms with Crippen LogP contribution in [-0.2, 0) is 0 Å². The fourth-order valence-corrected chi connectivity index (χ4v) is 1.75. The maximum atomic E-state index is 9.26. The van der Waals surface area contributed by atoms with Crippen molar-refractivity contribution >= 4 is 11.5 Å². The zero-order valence-corrected chi connectivity index (χ0v) is 9.01. The van der Waals surface area contributed by atoms with E-state index in [0.717, 1.165) is 18.7 Å². The highest BCUT2D eigenvalue weighted by atomic mass is 16.3. The number of anilines is 1. The lowest BCUT2D eigenvalue weighted by Crippen LogP contribution is -2.26. The molecule has 0 spiro atoms. The lowest BCUT2D eigenvalue weighted by molar-refractivity contribution is 0.266. The number of aromatic nitrogens is 4. The van der Waals surface area contributed by atoms with Crippen LogP contribution in [0.5, 0.6) is 0 Å². The summed E-state index contributed by atoms with van der Waals surface area (Å²) < 4.78 is 1.88. The van der Waals surface area contributed by atoms with Gasteiger partial charge in [-0.05, 0) is 19.8 Å². The Morgan fingerprint density at radius 2 is 2.31 bits per heavy atom. The summed E-state index contributed by atoms with van der Waals surface area (Å²) in [4.78, 5) is 4.25. The maximum absolute atomic E-state index is 9.26. The molecule has 3 rings (SSSR count). The quantitative estimate of drug-likeness (QED) is 0.780. The number of rotatable bonds is 3. The van der Waals surface area contributed by atoms with Gasteiger partial charge in [-0.1, -0.05) is 0 Å². The number of aliphatic hydroxyl groups excluding tert-OH is 1. The zero-order chi connectivity index (χ0) is 11.2. The second-order valence-electron chi connectivity index (χ2n) is 4.28. The monoisotopic (exact) mass is 219 g/mol. The number of aryl methyl sites for hydroxylation is 1. The molecule has 0 aliphatic heterocycles. The standard InChI is InChI=1S/C10H13N5O/c1-7-13-14-9-8(11-4-5-15(7)9)12-10(6-16)2-3-10/h4-5,16H,2-3,6H2,1H3,(H,11,12). The molecule has 1 saturated carbocycles. The minimum atomic E-state index is -0.186. The molecule has 2 heterocycles. The van der Waals surface area contributed by atoms with E-state index < -0.39 is 0 Å². The number of nitrogens with zero attached hydrogens (tertiary/aromatic N) is 4. The van der Waals surface area contributed by atoms with Crippen molar-refractivity contribution in [2.75, 3.05) is 11.9 Å². The fourth-order valence-electron chi connectivity index (χ4n) is 1.75. The van der Waals surface area contributed by atoms with Crippen molar-refractivity contribution in [3.63, 3.8) is 0 Å². The highest BCUT2D eigenvalue weighted by Gasteiger charge is 2.42. The van der Waals surface area contributed by atoms with Crippen LogP contribution in [0.4, 0.5) is 5.82 Å². The molecule has 6 heteroatoms. The Balaban J connectivity index is 2.03. The maximum Gasteiger partial charge on any atom is 0.203 e. The van der Waals surface area contributed by atoms with E-state index in [0.29, 0.717) is 11.5 Å². The smallest absolute Gasteiger partial charge is 0.203 e. The fraction of sp³-hybridized carbons (Fsp3) is 0.500. The highest BCUT2D eigenvalue weighted by molar-refractivity contribution is 5.63. The van der Waals surface area contributed by atoms with Crippen LogP contribution >= 0.6 is 0 Å². The summed E-state index contributed by atoms with van der Waals surface area (Å²) in [7, 11) is 0. The molecule has 16 heavy (non-hydrogen) atoms. The van der Waals surface area contributed by atoms with Gasteiger partial charge in [0.1, 0.15) is 5.82 Å². The molecular weight excluding hydrogens is 206 g/mol. The van der Waals surface area contributed by atoms with Crippen LogP contribution in [-0.4, -0.2) is 36.8 Å². The first-order valence-corrected chi connectivity index (χ1v) is 5.29. The molecule has 0 unspecified atom stereocenters. The van der Waals surface area contributed by atoms with Crippen LogP contribution in [0.2, 0.25) is 0 Å². The van der Waals surface area contributed by atoms with E-state index in [4.69, 9.17) is 0 Å². The van der Waals surface area contributed by atoms with Crippen molar-refractivity contribution in [1.82, 2.24) is 19.6 Å². The SMILES string of the molecule is Cc1nnc2c(NC3(CO)CC3)nccn12. The Labute approximate surface area is 92.3 Å². The Kier molecular flexibility index (Phi) is 1.88. The molecule has 2 N–H and O–H groups in total. The summed E-state index contributed by atoms with van der Waals surface area (Å²) in [5.41, 5.74) is 0.522. The average molecular weight is 219 g/mol. The van der Waals surface area contributed by atoms with E-state index >= 15 is 0 Å². The number of hydrogen-bond donors (Lipinski definition) is 2. The molecule has 0 atom stereocenters. The van der Waals surface area contributed by atoms with Gasteiger partial charge in [-0.25, -0.2) is 4.98 Å². The number of aliphatic hydroxyl groups is 1. The molecule has 84 valence electrons. The van der Waals surface area contributed by atoms with Crippen LogP contribution in [0, 0.1) is 6.92 Å². The Hall–Kier alpha value is -1.69. The second kappa shape index (κ2) is 3.15. The topological polar surface area (TPSA) is 75.3 Å². The van der Waals surface area contributed by atoms with Crippen molar-refractivity contribution < 1.29 is 5.11 Å². The molecule has 6 nitrogen and oxygen atoms in total. The van der Waals surface area contributed by atoms with Crippen LogP contribution in [0.3, 0.4) is 0 Å². The molecule has 1 aliphatic carbocycles. The second-order valence-corrected chi connectivity index (χ2v) is 4.28. The van der Waals surface area contributed by atoms with E-state index in [-0.39, 0.29) is 12.1 Å². The number of fused-ring (bicyclic) bond motifs is 1. The predicted octanol–water partition coefficient (Wildman–Crippen LogP) is 0.370.